The summed E-state index contributed by atoms with van der Waals surface area (Å²) in [6.07, 6.45) is 1.58. The van der Waals surface area contributed by atoms with Gasteiger partial charge >= 0.3 is 0 Å². The van der Waals surface area contributed by atoms with E-state index in [1.165, 1.54) is 54.2 Å². The van der Waals surface area contributed by atoms with E-state index in [4.69, 9.17) is 27.6 Å². The van der Waals surface area contributed by atoms with Crippen LogP contribution in [-0.4, -0.2) is 30.9 Å². The number of hydrogen-bond donors (Lipinski definition) is 2. The highest BCUT2D eigenvalue weighted by atomic mass is 35.5. The zero-order valence-corrected chi connectivity index (χ0v) is 23.3. The van der Waals surface area contributed by atoms with Crippen LogP contribution in [-0.2, 0) is 21.4 Å². The van der Waals surface area contributed by atoms with Crippen LogP contribution < -0.4 is 10.0 Å². The first kappa shape index (κ1) is 27.1. The largest absolute Gasteiger partial charge is 0.467 e. The van der Waals surface area contributed by atoms with E-state index in [9.17, 15) is 18.0 Å². The van der Waals surface area contributed by atoms with Gasteiger partial charge < -0.3 is 14.6 Å². The summed E-state index contributed by atoms with van der Waals surface area (Å²) in [5.74, 6) is 0.753. The molecule has 8 nitrogen and oxygen atoms in total. The number of carbonyl (C=O) groups excluding carboxylic acids is 2. The normalized spacial score (nSPS) is 15.4. The third-order valence-corrected chi connectivity index (χ3v) is 9.12. The average Bonchev–Trinajstić information content (AvgIpc) is 3.56. The number of anilines is 2. The van der Waals surface area contributed by atoms with E-state index in [-0.39, 0.29) is 32.8 Å². The Morgan fingerprint density at radius 2 is 1.77 bits per heavy atom. The van der Waals surface area contributed by atoms with Crippen LogP contribution in [0.4, 0.5) is 11.4 Å². The summed E-state index contributed by atoms with van der Waals surface area (Å²) in [5.41, 5.74) is 1.94. The molecule has 2 N–H and O–H groups in total. The molecule has 39 heavy (non-hydrogen) atoms. The van der Waals surface area contributed by atoms with Crippen molar-refractivity contribution in [2.24, 2.45) is 0 Å². The number of benzene rings is 3. The minimum atomic E-state index is -3.91. The molecule has 1 aliphatic rings. The van der Waals surface area contributed by atoms with Crippen molar-refractivity contribution in [1.82, 2.24) is 4.90 Å². The minimum Gasteiger partial charge on any atom is -0.467 e. The Hall–Kier alpha value is -3.44. The first-order valence-corrected chi connectivity index (χ1v) is 14.9. The number of thioether (sulfide) groups is 1. The lowest BCUT2D eigenvalue weighted by Gasteiger charge is -2.23. The zero-order valence-electron chi connectivity index (χ0n) is 20.1. The number of amides is 2. The zero-order chi connectivity index (χ0) is 27.6. The van der Waals surface area contributed by atoms with Crippen LogP contribution in [0, 0.1) is 0 Å². The van der Waals surface area contributed by atoms with Gasteiger partial charge in [0.25, 0.3) is 15.9 Å². The molecule has 3 aromatic carbocycles. The van der Waals surface area contributed by atoms with Crippen LogP contribution in [0.2, 0.25) is 10.0 Å². The fourth-order valence-electron chi connectivity index (χ4n) is 3.97. The van der Waals surface area contributed by atoms with E-state index in [2.05, 4.69) is 10.0 Å². The second kappa shape index (κ2) is 11.4. The molecule has 5 rings (SSSR count). The SMILES string of the molecule is O=C(Nc1ccc(S(=O)(=O)Nc2ccc(Cl)cc2Cl)cc1)c1ccc([C@@H]2SCC(=O)N2Cc2ccco2)cc1. The van der Waals surface area contributed by atoms with Crippen molar-refractivity contribution in [2.75, 3.05) is 15.8 Å². The number of hydrogen-bond acceptors (Lipinski definition) is 6. The van der Waals surface area contributed by atoms with Gasteiger partial charge in [-0.15, -0.1) is 11.8 Å². The standard InChI is InChI=1S/C27H21Cl2N3O5S2/c28-19-7-12-24(23(29)14-19)31-39(35,36)22-10-8-20(9-11-22)30-26(34)17-3-5-18(6-4-17)27-32(25(33)16-38-27)15-21-2-1-13-37-21/h1-14,27,31H,15-16H2,(H,30,34)/t27-/m0/s1. The van der Waals surface area contributed by atoms with E-state index >= 15 is 0 Å². The number of nitrogens with one attached hydrogen (secondary N) is 2. The van der Waals surface area contributed by atoms with E-state index < -0.39 is 10.0 Å². The van der Waals surface area contributed by atoms with Gasteiger partial charge in [0.05, 0.1) is 34.2 Å². The summed E-state index contributed by atoms with van der Waals surface area (Å²) in [7, 11) is -3.91. The molecule has 0 radical (unpaired) electrons. The molecule has 1 fully saturated rings. The van der Waals surface area contributed by atoms with E-state index in [1.807, 2.05) is 18.2 Å². The van der Waals surface area contributed by atoms with Crippen molar-refractivity contribution in [3.63, 3.8) is 0 Å². The Balaban J connectivity index is 1.23. The molecule has 1 aromatic heterocycles. The van der Waals surface area contributed by atoms with Crippen molar-refractivity contribution in [3.05, 3.63) is 112 Å². The van der Waals surface area contributed by atoms with Crippen molar-refractivity contribution < 1.29 is 22.4 Å². The monoisotopic (exact) mass is 601 g/mol. The first-order chi connectivity index (χ1) is 18.7. The first-order valence-electron chi connectivity index (χ1n) is 11.6. The molecule has 2 heterocycles. The van der Waals surface area contributed by atoms with Crippen LogP contribution in [0.3, 0.4) is 0 Å². The van der Waals surface area contributed by atoms with Gasteiger partial charge in [0.15, 0.2) is 0 Å². The topological polar surface area (TPSA) is 109 Å². The summed E-state index contributed by atoms with van der Waals surface area (Å²) >= 11 is 13.5. The van der Waals surface area contributed by atoms with Crippen molar-refractivity contribution >= 4 is 68.2 Å². The Morgan fingerprint density at radius 1 is 1.03 bits per heavy atom. The van der Waals surface area contributed by atoms with Crippen LogP contribution in [0.15, 0.2) is 94.4 Å². The van der Waals surface area contributed by atoms with Gasteiger partial charge in [0.2, 0.25) is 5.91 Å². The van der Waals surface area contributed by atoms with Crippen LogP contribution >= 0.6 is 35.0 Å². The highest BCUT2D eigenvalue weighted by Crippen LogP contribution is 2.39. The third-order valence-electron chi connectivity index (χ3n) is 5.93. The second-order valence-electron chi connectivity index (χ2n) is 8.59. The quantitative estimate of drug-likeness (QED) is 0.241. The molecule has 0 aliphatic carbocycles. The van der Waals surface area contributed by atoms with Crippen molar-refractivity contribution in [2.45, 2.75) is 16.8 Å². The van der Waals surface area contributed by atoms with Gasteiger partial charge in [-0.1, -0.05) is 35.3 Å². The molecule has 1 saturated heterocycles. The van der Waals surface area contributed by atoms with Gasteiger partial charge in [-0.3, -0.25) is 14.3 Å². The average molecular weight is 603 g/mol. The molecule has 4 aromatic rings. The van der Waals surface area contributed by atoms with Gasteiger partial charge in [0, 0.05) is 16.3 Å². The van der Waals surface area contributed by atoms with Crippen molar-refractivity contribution in [1.29, 1.82) is 0 Å². The van der Waals surface area contributed by atoms with Gasteiger partial charge in [0.1, 0.15) is 11.1 Å². The number of nitrogens with zero attached hydrogens (tertiary/aromatic N) is 1. The van der Waals surface area contributed by atoms with Gasteiger partial charge in [-0.05, 0) is 72.3 Å². The Kier molecular flexibility index (Phi) is 7.90. The Bertz CT molecular complexity index is 1610. The smallest absolute Gasteiger partial charge is 0.261 e. The molecule has 2 amide bonds. The summed E-state index contributed by atoms with van der Waals surface area (Å²) in [5, 5.41) is 3.15. The highest BCUT2D eigenvalue weighted by molar-refractivity contribution is 8.00. The lowest BCUT2D eigenvalue weighted by molar-refractivity contribution is -0.128. The lowest BCUT2D eigenvalue weighted by atomic mass is 10.1. The van der Waals surface area contributed by atoms with Crippen LogP contribution in [0.5, 0.6) is 0 Å². The van der Waals surface area contributed by atoms with Gasteiger partial charge in [-0.2, -0.15) is 0 Å². The summed E-state index contributed by atoms with van der Waals surface area (Å²) in [6.45, 7) is 0.375. The number of carbonyl (C=O) groups is 2. The fraction of sp³-hybridized carbons (Fsp3) is 0.111. The predicted octanol–water partition coefficient (Wildman–Crippen LogP) is 6.41. The molecular formula is C27H21Cl2N3O5S2. The maximum absolute atomic E-state index is 12.8. The predicted molar refractivity (Wildman–Crippen MR) is 153 cm³/mol. The molecule has 1 aliphatic heterocycles. The van der Waals surface area contributed by atoms with Gasteiger partial charge in [-0.25, -0.2) is 8.42 Å². The van der Waals surface area contributed by atoms with Crippen LogP contribution in [0.25, 0.3) is 0 Å². The van der Waals surface area contributed by atoms with E-state index in [1.54, 1.807) is 29.4 Å². The fourth-order valence-corrected chi connectivity index (χ4v) is 6.75. The number of halogens is 2. The molecule has 200 valence electrons. The Labute approximate surface area is 239 Å². The molecule has 12 heteroatoms. The molecular weight excluding hydrogens is 581 g/mol. The lowest BCUT2D eigenvalue weighted by Crippen LogP contribution is -2.27. The molecule has 0 bridgehead atoms. The number of rotatable bonds is 8. The maximum atomic E-state index is 12.8. The van der Waals surface area contributed by atoms with Crippen LogP contribution in [0.1, 0.15) is 27.1 Å². The molecule has 0 saturated carbocycles. The maximum Gasteiger partial charge on any atom is 0.261 e. The molecule has 0 unspecified atom stereocenters. The summed E-state index contributed by atoms with van der Waals surface area (Å²) in [6, 6.07) is 20.8. The highest BCUT2D eigenvalue weighted by Gasteiger charge is 2.33. The number of sulfonamides is 1. The molecule has 1 atom stereocenters. The summed E-state index contributed by atoms with van der Waals surface area (Å²) in [4.78, 5) is 27.0. The van der Waals surface area contributed by atoms with Crippen molar-refractivity contribution in [3.8, 4) is 0 Å². The summed E-state index contributed by atoms with van der Waals surface area (Å²) < 4.78 is 33.3. The molecule has 0 spiro atoms. The van der Waals surface area contributed by atoms with E-state index in [0.717, 1.165) is 5.56 Å². The second-order valence-corrected chi connectivity index (χ2v) is 12.2. The Morgan fingerprint density at radius 3 is 2.44 bits per heavy atom. The number of furan rings is 1. The minimum absolute atomic E-state index is 0.00131. The third kappa shape index (κ3) is 6.25. The van der Waals surface area contributed by atoms with E-state index in [0.29, 0.717) is 34.3 Å².